The van der Waals surface area contributed by atoms with Crippen molar-refractivity contribution in [1.29, 1.82) is 0 Å². The van der Waals surface area contributed by atoms with Crippen molar-refractivity contribution in [1.82, 2.24) is 5.32 Å². The summed E-state index contributed by atoms with van der Waals surface area (Å²) in [5, 5.41) is 2.67. The molecule has 1 rings (SSSR count). The Bertz CT molecular complexity index is 205. The zero-order valence-electron chi connectivity index (χ0n) is 8.07. The van der Waals surface area contributed by atoms with Gasteiger partial charge in [0.2, 0.25) is 5.91 Å². The zero-order valence-corrected chi connectivity index (χ0v) is 8.07. The van der Waals surface area contributed by atoms with Gasteiger partial charge in [-0.1, -0.05) is 20.8 Å². The third-order valence-corrected chi connectivity index (χ3v) is 2.16. The third-order valence-electron chi connectivity index (χ3n) is 2.16. The monoisotopic (exact) mass is 173 g/mol. The Morgan fingerprint density at radius 2 is 2.00 bits per heavy atom. The zero-order chi connectivity index (χ0) is 9.57. The maximum absolute atomic E-state index is 13.0. The normalized spacial score (nSPS) is 34.6. The molecule has 0 saturated heterocycles. The van der Waals surface area contributed by atoms with Crippen LogP contribution in [0, 0.1) is 5.41 Å². The SMILES string of the molecule is CC(C)(C)C(=O)NC1CC1(C)F. The van der Waals surface area contributed by atoms with E-state index in [4.69, 9.17) is 0 Å². The highest BCUT2D eigenvalue weighted by Gasteiger charge is 2.52. The van der Waals surface area contributed by atoms with Crippen molar-refractivity contribution in [2.24, 2.45) is 5.41 Å². The van der Waals surface area contributed by atoms with Crippen LogP contribution in [0.2, 0.25) is 0 Å². The largest absolute Gasteiger partial charge is 0.350 e. The predicted molar refractivity (Wildman–Crippen MR) is 45.5 cm³/mol. The summed E-state index contributed by atoms with van der Waals surface area (Å²) in [5.74, 6) is -0.0751. The molecular weight excluding hydrogens is 157 g/mol. The topological polar surface area (TPSA) is 29.1 Å². The van der Waals surface area contributed by atoms with Gasteiger partial charge in [0.25, 0.3) is 0 Å². The van der Waals surface area contributed by atoms with E-state index in [1.807, 2.05) is 20.8 Å². The Morgan fingerprint density at radius 3 is 2.25 bits per heavy atom. The maximum Gasteiger partial charge on any atom is 0.225 e. The molecule has 12 heavy (non-hydrogen) atoms. The Kier molecular flexibility index (Phi) is 1.93. The molecule has 1 amide bonds. The standard InChI is InChI=1S/C9H16FNO/c1-8(2,3)7(12)11-6-5-9(6,4)10/h6H,5H2,1-4H3,(H,11,12). The van der Waals surface area contributed by atoms with E-state index in [0.717, 1.165) is 0 Å². The van der Waals surface area contributed by atoms with Gasteiger partial charge in [-0.3, -0.25) is 4.79 Å². The van der Waals surface area contributed by atoms with E-state index in [1.54, 1.807) is 0 Å². The van der Waals surface area contributed by atoms with Crippen LogP contribution in [0.3, 0.4) is 0 Å². The van der Waals surface area contributed by atoms with Crippen molar-refractivity contribution in [2.45, 2.75) is 45.8 Å². The molecule has 0 aromatic heterocycles. The number of rotatable bonds is 1. The van der Waals surface area contributed by atoms with Crippen molar-refractivity contribution in [3.05, 3.63) is 0 Å². The predicted octanol–water partition coefficient (Wildman–Crippen LogP) is 1.65. The van der Waals surface area contributed by atoms with Crippen LogP contribution in [0.5, 0.6) is 0 Å². The number of alkyl halides is 1. The van der Waals surface area contributed by atoms with Gasteiger partial charge in [-0.2, -0.15) is 0 Å². The molecule has 2 atom stereocenters. The number of nitrogens with one attached hydrogen (secondary N) is 1. The van der Waals surface area contributed by atoms with Gasteiger partial charge in [-0.05, 0) is 6.92 Å². The number of amides is 1. The van der Waals surface area contributed by atoms with Crippen molar-refractivity contribution >= 4 is 5.91 Å². The second-order valence-corrected chi connectivity index (χ2v) is 4.76. The summed E-state index contributed by atoms with van der Waals surface area (Å²) in [6.45, 7) is 6.97. The van der Waals surface area contributed by atoms with Crippen LogP contribution >= 0.6 is 0 Å². The average Bonchev–Trinajstić information content (AvgIpc) is 2.36. The van der Waals surface area contributed by atoms with Gasteiger partial charge in [0.1, 0.15) is 5.67 Å². The lowest BCUT2D eigenvalue weighted by Gasteiger charge is -2.17. The molecular formula is C9H16FNO. The molecule has 0 aliphatic heterocycles. The summed E-state index contributed by atoms with van der Waals surface area (Å²) < 4.78 is 13.0. The summed E-state index contributed by atoms with van der Waals surface area (Å²) in [4.78, 5) is 11.3. The lowest BCUT2D eigenvalue weighted by Crippen LogP contribution is -2.38. The summed E-state index contributed by atoms with van der Waals surface area (Å²) in [5.41, 5.74) is -1.58. The quantitative estimate of drug-likeness (QED) is 0.641. The van der Waals surface area contributed by atoms with Crippen molar-refractivity contribution in [3.63, 3.8) is 0 Å². The fourth-order valence-electron chi connectivity index (χ4n) is 0.916. The molecule has 2 nitrogen and oxygen atoms in total. The van der Waals surface area contributed by atoms with Crippen LogP contribution < -0.4 is 5.32 Å². The Balaban J connectivity index is 2.40. The molecule has 1 saturated carbocycles. The van der Waals surface area contributed by atoms with Crippen LogP contribution in [0.15, 0.2) is 0 Å². The minimum Gasteiger partial charge on any atom is -0.350 e. The van der Waals surface area contributed by atoms with E-state index in [0.29, 0.717) is 6.42 Å². The first kappa shape index (κ1) is 9.49. The van der Waals surface area contributed by atoms with E-state index >= 15 is 0 Å². The van der Waals surface area contributed by atoms with Crippen molar-refractivity contribution in [3.8, 4) is 0 Å². The molecule has 0 spiro atoms. The van der Waals surface area contributed by atoms with Crippen LogP contribution in [0.4, 0.5) is 4.39 Å². The molecule has 2 unspecified atom stereocenters. The lowest BCUT2D eigenvalue weighted by atomic mass is 9.96. The highest BCUT2D eigenvalue weighted by molar-refractivity contribution is 5.82. The minimum absolute atomic E-state index is 0.0751. The smallest absolute Gasteiger partial charge is 0.225 e. The summed E-state index contributed by atoms with van der Waals surface area (Å²) in [7, 11) is 0. The van der Waals surface area contributed by atoms with Gasteiger partial charge in [-0.25, -0.2) is 4.39 Å². The fraction of sp³-hybridized carbons (Fsp3) is 0.889. The van der Waals surface area contributed by atoms with Crippen LogP contribution in [0.25, 0.3) is 0 Å². The van der Waals surface area contributed by atoms with Crippen LogP contribution in [-0.2, 0) is 4.79 Å². The second-order valence-electron chi connectivity index (χ2n) is 4.76. The minimum atomic E-state index is -1.17. The Morgan fingerprint density at radius 1 is 1.58 bits per heavy atom. The molecule has 0 heterocycles. The van der Waals surface area contributed by atoms with E-state index in [-0.39, 0.29) is 11.9 Å². The fourth-order valence-corrected chi connectivity index (χ4v) is 0.916. The first-order chi connectivity index (χ1) is 5.23. The number of hydrogen-bond acceptors (Lipinski definition) is 1. The Labute approximate surface area is 72.5 Å². The van der Waals surface area contributed by atoms with Crippen LogP contribution in [-0.4, -0.2) is 17.6 Å². The highest BCUT2D eigenvalue weighted by atomic mass is 19.1. The van der Waals surface area contributed by atoms with Crippen molar-refractivity contribution < 1.29 is 9.18 Å². The molecule has 1 aliphatic carbocycles. The lowest BCUT2D eigenvalue weighted by molar-refractivity contribution is -0.128. The van der Waals surface area contributed by atoms with E-state index in [2.05, 4.69) is 5.32 Å². The van der Waals surface area contributed by atoms with E-state index < -0.39 is 11.1 Å². The molecule has 0 bridgehead atoms. The van der Waals surface area contributed by atoms with E-state index in [9.17, 15) is 9.18 Å². The molecule has 0 aromatic carbocycles. The molecule has 1 N–H and O–H groups in total. The first-order valence-electron chi connectivity index (χ1n) is 4.23. The molecule has 1 fully saturated rings. The molecule has 0 radical (unpaired) electrons. The summed E-state index contributed by atoms with van der Waals surface area (Å²) in [6, 6.07) is -0.260. The second kappa shape index (κ2) is 2.44. The van der Waals surface area contributed by atoms with Gasteiger partial charge >= 0.3 is 0 Å². The number of carbonyl (C=O) groups excluding carboxylic acids is 1. The molecule has 3 heteroatoms. The van der Waals surface area contributed by atoms with Gasteiger partial charge in [0, 0.05) is 11.8 Å². The third kappa shape index (κ3) is 1.96. The van der Waals surface area contributed by atoms with Gasteiger partial charge in [0.15, 0.2) is 0 Å². The molecule has 70 valence electrons. The average molecular weight is 173 g/mol. The van der Waals surface area contributed by atoms with Gasteiger partial charge in [-0.15, -0.1) is 0 Å². The van der Waals surface area contributed by atoms with Gasteiger partial charge in [0.05, 0.1) is 6.04 Å². The number of carbonyl (C=O) groups is 1. The first-order valence-corrected chi connectivity index (χ1v) is 4.23. The summed E-state index contributed by atoms with van der Waals surface area (Å²) >= 11 is 0. The van der Waals surface area contributed by atoms with Crippen LogP contribution in [0.1, 0.15) is 34.1 Å². The van der Waals surface area contributed by atoms with Gasteiger partial charge < -0.3 is 5.32 Å². The highest BCUT2D eigenvalue weighted by Crippen LogP contribution is 2.39. The maximum atomic E-state index is 13.0. The molecule has 0 aromatic rings. The molecule has 1 aliphatic rings. The Hall–Kier alpha value is -0.600. The number of hydrogen-bond donors (Lipinski definition) is 1. The van der Waals surface area contributed by atoms with Crippen molar-refractivity contribution in [2.75, 3.05) is 0 Å². The number of halogens is 1. The van der Waals surface area contributed by atoms with E-state index in [1.165, 1.54) is 6.92 Å². The summed E-state index contributed by atoms with van der Waals surface area (Å²) in [6.07, 6.45) is 0.453.